The first-order chi connectivity index (χ1) is 13.6. The van der Waals surface area contributed by atoms with E-state index in [1.54, 1.807) is 24.3 Å². The highest BCUT2D eigenvalue weighted by Crippen LogP contribution is 2.41. The molecule has 1 unspecified atom stereocenters. The lowest BCUT2D eigenvalue weighted by Gasteiger charge is -2.18. The van der Waals surface area contributed by atoms with Gasteiger partial charge in [-0.1, -0.05) is 59.1 Å². The first-order valence-electron chi connectivity index (χ1n) is 8.61. The molecular formula is C20H15Cl3F3NO2. The SMILES string of the molecule is O=C(NOc1ccc(/C=C/C(c2cc(Cl)c(Cl)c(Cl)c2)C(F)(F)F)cc1)C1CC1. The van der Waals surface area contributed by atoms with E-state index < -0.39 is 12.1 Å². The van der Waals surface area contributed by atoms with Gasteiger partial charge in [0, 0.05) is 5.92 Å². The molecule has 0 aliphatic heterocycles. The molecule has 0 heterocycles. The average molecular weight is 465 g/mol. The number of rotatable bonds is 6. The van der Waals surface area contributed by atoms with Crippen LogP contribution >= 0.6 is 34.8 Å². The smallest absolute Gasteiger partial charge is 0.380 e. The quantitative estimate of drug-likeness (QED) is 0.376. The number of hydrogen-bond donors (Lipinski definition) is 1. The van der Waals surface area contributed by atoms with Crippen molar-refractivity contribution >= 4 is 46.8 Å². The van der Waals surface area contributed by atoms with E-state index in [2.05, 4.69) is 5.48 Å². The van der Waals surface area contributed by atoms with Gasteiger partial charge in [-0.25, -0.2) is 0 Å². The monoisotopic (exact) mass is 463 g/mol. The largest absolute Gasteiger partial charge is 0.399 e. The van der Waals surface area contributed by atoms with Crippen molar-refractivity contribution in [3.05, 3.63) is 68.7 Å². The lowest BCUT2D eigenvalue weighted by atomic mass is 9.97. The Kier molecular flexibility index (Phi) is 6.66. The van der Waals surface area contributed by atoms with Crippen LogP contribution in [0.1, 0.15) is 29.9 Å². The van der Waals surface area contributed by atoms with E-state index in [0.717, 1.165) is 31.1 Å². The van der Waals surface area contributed by atoms with Crippen molar-refractivity contribution in [2.24, 2.45) is 5.92 Å². The Labute approximate surface area is 180 Å². The summed E-state index contributed by atoms with van der Waals surface area (Å²) in [5.41, 5.74) is 2.75. The third kappa shape index (κ3) is 5.81. The molecule has 0 aromatic heterocycles. The first kappa shape index (κ1) is 21.8. The Morgan fingerprint density at radius 1 is 1.10 bits per heavy atom. The Bertz CT molecular complexity index is 903. The zero-order valence-electron chi connectivity index (χ0n) is 14.8. The third-order valence-corrected chi connectivity index (χ3v) is 5.49. The number of halogens is 6. The minimum Gasteiger partial charge on any atom is -0.380 e. The highest BCUT2D eigenvalue weighted by molar-refractivity contribution is 6.48. The summed E-state index contributed by atoms with van der Waals surface area (Å²) in [7, 11) is 0. The number of allylic oxidation sites excluding steroid dienone is 1. The van der Waals surface area contributed by atoms with Gasteiger partial charge in [0.1, 0.15) is 0 Å². The van der Waals surface area contributed by atoms with Crippen molar-refractivity contribution in [1.29, 1.82) is 0 Å². The molecule has 154 valence electrons. The molecule has 3 nitrogen and oxygen atoms in total. The van der Waals surface area contributed by atoms with Crippen molar-refractivity contribution in [1.82, 2.24) is 5.48 Å². The third-order valence-electron chi connectivity index (χ3n) is 4.30. The van der Waals surface area contributed by atoms with Gasteiger partial charge < -0.3 is 4.84 Å². The molecule has 1 atom stereocenters. The highest BCUT2D eigenvalue weighted by Gasteiger charge is 2.39. The number of carbonyl (C=O) groups excluding carboxylic acids is 1. The number of hydroxylamine groups is 1. The molecule has 2 aromatic rings. The Balaban J connectivity index is 1.73. The summed E-state index contributed by atoms with van der Waals surface area (Å²) >= 11 is 17.6. The van der Waals surface area contributed by atoms with Gasteiger partial charge in [-0.15, -0.1) is 0 Å². The molecule has 1 saturated carbocycles. The van der Waals surface area contributed by atoms with Crippen LogP contribution in [0, 0.1) is 5.92 Å². The molecule has 2 aromatic carbocycles. The number of carbonyl (C=O) groups is 1. The van der Waals surface area contributed by atoms with Crippen molar-refractivity contribution in [3.8, 4) is 5.75 Å². The van der Waals surface area contributed by atoms with Gasteiger partial charge >= 0.3 is 6.18 Å². The molecule has 1 amide bonds. The van der Waals surface area contributed by atoms with Crippen LogP contribution in [-0.4, -0.2) is 12.1 Å². The molecule has 29 heavy (non-hydrogen) atoms. The second-order valence-electron chi connectivity index (χ2n) is 6.59. The van der Waals surface area contributed by atoms with Gasteiger partial charge in [0.25, 0.3) is 5.91 Å². The number of benzene rings is 2. The predicted octanol–water partition coefficient (Wildman–Crippen LogP) is 6.83. The maximum atomic E-state index is 13.6. The molecule has 1 aliphatic rings. The minimum atomic E-state index is -4.55. The van der Waals surface area contributed by atoms with Gasteiger partial charge in [0.05, 0.1) is 21.0 Å². The molecule has 0 bridgehead atoms. The van der Waals surface area contributed by atoms with E-state index in [-0.39, 0.29) is 32.5 Å². The fourth-order valence-corrected chi connectivity index (χ4v) is 3.17. The van der Waals surface area contributed by atoms with Crippen LogP contribution in [0.4, 0.5) is 13.2 Å². The Morgan fingerprint density at radius 3 is 2.21 bits per heavy atom. The molecule has 1 aliphatic carbocycles. The molecule has 0 saturated heterocycles. The number of nitrogens with one attached hydrogen (secondary N) is 1. The van der Waals surface area contributed by atoms with Gasteiger partial charge in [-0.3, -0.25) is 4.79 Å². The average Bonchev–Trinajstić information content (AvgIpc) is 3.49. The van der Waals surface area contributed by atoms with Crippen LogP contribution in [0.3, 0.4) is 0 Å². The summed E-state index contributed by atoms with van der Waals surface area (Å²) in [6.07, 6.45) is -0.498. The molecule has 9 heteroatoms. The van der Waals surface area contributed by atoms with Crippen LogP contribution in [0.25, 0.3) is 6.08 Å². The van der Waals surface area contributed by atoms with Crippen LogP contribution < -0.4 is 10.3 Å². The summed E-state index contributed by atoms with van der Waals surface area (Å²) in [5, 5.41) is -0.0931. The first-order valence-corrected chi connectivity index (χ1v) is 9.74. The van der Waals surface area contributed by atoms with E-state index in [4.69, 9.17) is 39.6 Å². The maximum absolute atomic E-state index is 13.6. The summed E-state index contributed by atoms with van der Waals surface area (Å²) < 4.78 is 40.7. The summed E-state index contributed by atoms with van der Waals surface area (Å²) in [6, 6.07) is 8.54. The molecule has 0 radical (unpaired) electrons. The topological polar surface area (TPSA) is 38.3 Å². The Morgan fingerprint density at radius 2 is 1.69 bits per heavy atom. The lowest BCUT2D eigenvalue weighted by molar-refractivity contribution is -0.139. The maximum Gasteiger partial charge on any atom is 0.399 e. The van der Waals surface area contributed by atoms with Crippen molar-refractivity contribution in [2.45, 2.75) is 24.9 Å². The standard InChI is InChI=1S/C20H15Cl3F3NO2/c21-16-9-13(10-17(22)18(16)23)15(20(24,25)26)8-3-11-1-6-14(7-2-11)29-27-19(28)12-4-5-12/h1-3,6-10,12,15H,4-5H2,(H,27,28)/b8-3+. The summed E-state index contributed by atoms with van der Waals surface area (Å²) in [4.78, 5) is 16.7. The second-order valence-corrected chi connectivity index (χ2v) is 7.78. The van der Waals surface area contributed by atoms with E-state index in [1.165, 1.54) is 6.08 Å². The van der Waals surface area contributed by atoms with Gasteiger partial charge in [-0.2, -0.15) is 18.7 Å². The lowest BCUT2D eigenvalue weighted by Crippen LogP contribution is -2.28. The van der Waals surface area contributed by atoms with Crippen LogP contribution in [0.2, 0.25) is 15.1 Å². The number of amides is 1. The van der Waals surface area contributed by atoms with Gasteiger partial charge in [0.2, 0.25) is 0 Å². The minimum absolute atomic E-state index is 0.00588. The highest BCUT2D eigenvalue weighted by atomic mass is 35.5. The molecule has 1 fully saturated rings. The molecule has 3 rings (SSSR count). The van der Waals surface area contributed by atoms with E-state index in [9.17, 15) is 18.0 Å². The van der Waals surface area contributed by atoms with Crippen molar-refractivity contribution < 1.29 is 22.8 Å². The predicted molar refractivity (Wildman–Crippen MR) is 107 cm³/mol. The van der Waals surface area contributed by atoms with Crippen LogP contribution in [-0.2, 0) is 4.79 Å². The van der Waals surface area contributed by atoms with E-state index in [1.807, 2.05) is 0 Å². The van der Waals surface area contributed by atoms with Crippen LogP contribution in [0.15, 0.2) is 42.5 Å². The fraction of sp³-hybridized carbons (Fsp3) is 0.250. The van der Waals surface area contributed by atoms with Crippen molar-refractivity contribution in [3.63, 3.8) is 0 Å². The fourth-order valence-electron chi connectivity index (χ4n) is 2.56. The number of hydrogen-bond acceptors (Lipinski definition) is 2. The van der Waals surface area contributed by atoms with Crippen molar-refractivity contribution in [2.75, 3.05) is 0 Å². The summed E-state index contributed by atoms with van der Waals surface area (Å²) in [6.45, 7) is 0. The summed E-state index contributed by atoms with van der Waals surface area (Å²) in [5.74, 6) is -1.71. The van der Waals surface area contributed by atoms with Gasteiger partial charge in [-0.05, 0) is 48.2 Å². The molecular weight excluding hydrogens is 450 g/mol. The van der Waals surface area contributed by atoms with E-state index in [0.29, 0.717) is 11.3 Å². The Hall–Kier alpha value is -1.89. The van der Waals surface area contributed by atoms with E-state index >= 15 is 0 Å². The molecule has 0 spiro atoms. The molecule has 1 N–H and O–H groups in total. The normalized spacial score (nSPS) is 15.4. The number of alkyl halides is 3. The zero-order valence-corrected chi connectivity index (χ0v) is 17.0. The van der Waals surface area contributed by atoms with Crippen LogP contribution in [0.5, 0.6) is 5.75 Å². The van der Waals surface area contributed by atoms with Gasteiger partial charge in [0.15, 0.2) is 5.75 Å². The zero-order chi connectivity index (χ0) is 21.2. The second kappa shape index (κ2) is 8.86.